The lowest BCUT2D eigenvalue weighted by molar-refractivity contribution is -0.137. The first-order valence-electron chi connectivity index (χ1n) is 9.19. The van der Waals surface area contributed by atoms with Gasteiger partial charge in [0.1, 0.15) is 0 Å². The second kappa shape index (κ2) is 5.91. The van der Waals surface area contributed by atoms with Gasteiger partial charge in [-0.25, -0.2) is 0 Å². The number of hydrogen-bond acceptors (Lipinski definition) is 2. The van der Waals surface area contributed by atoms with Gasteiger partial charge in [-0.1, -0.05) is 46.5 Å². The topological polar surface area (TPSA) is 32.3 Å². The van der Waals surface area contributed by atoms with Crippen LogP contribution in [0.3, 0.4) is 0 Å². The van der Waals surface area contributed by atoms with Crippen molar-refractivity contribution in [3.8, 4) is 0 Å². The monoisotopic (exact) mass is 292 g/mol. The molecular weight excluding hydrogens is 260 g/mol. The normalized spacial score (nSPS) is 31.0. The van der Waals surface area contributed by atoms with Crippen LogP contribution in [0.15, 0.2) is 0 Å². The van der Waals surface area contributed by atoms with Gasteiger partial charge in [-0.3, -0.25) is 10.1 Å². The molecule has 1 amide bonds. The molecule has 0 aromatic carbocycles. The number of hydrogen-bond donors (Lipinski definition) is 1. The Hall–Kier alpha value is -0.570. The minimum atomic E-state index is -0.199. The Morgan fingerprint density at radius 3 is 2.33 bits per heavy atom. The van der Waals surface area contributed by atoms with Crippen LogP contribution in [0.1, 0.15) is 78.6 Å². The summed E-state index contributed by atoms with van der Waals surface area (Å²) in [6.07, 6.45) is 11.2. The van der Waals surface area contributed by atoms with Crippen molar-refractivity contribution in [1.82, 2.24) is 10.2 Å². The number of rotatable bonds is 4. The number of nitrogens with one attached hydrogen (secondary N) is 1. The SMILES string of the molecule is CCC(C(C)C)N1C(=O)C2(CCCC2)NC1C1CCCC1. The summed E-state index contributed by atoms with van der Waals surface area (Å²) in [7, 11) is 0. The Morgan fingerprint density at radius 1 is 1.19 bits per heavy atom. The number of nitrogens with zero attached hydrogens (tertiary/aromatic N) is 1. The molecule has 0 bridgehead atoms. The minimum absolute atomic E-state index is 0.199. The van der Waals surface area contributed by atoms with E-state index in [1.165, 1.54) is 38.5 Å². The van der Waals surface area contributed by atoms with Crippen molar-refractivity contribution in [1.29, 1.82) is 0 Å². The molecule has 3 aliphatic rings. The van der Waals surface area contributed by atoms with E-state index in [9.17, 15) is 4.79 Å². The fourth-order valence-electron chi connectivity index (χ4n) is 5.09. The van der Waals surface area contributed by atoms with E-state index in [-0.39, 0.29) is 5.54 Å². The zero-order valence-electron chi connectivity index (χ0n) is 14.0. The Bertz CT molecular complexity index is 381. The Kier molecular flexibility index (Phi) is 4.31. The summed E-state index contributed by atoms with van der Waals surface area (Å²) in [4.78, 5) is 15.6. The van der Waals surface area contributed by atoms with E-state index in [1.54, 1.807) is 0 Å². The maximum Gasteiger partial charge on any atom is 0.244 e. The molecule has 1 aliphatic heterocycles. The molecule has 3 nitrogen and oxygen atoms in total. The molecular formula is C18H32N2O. The second-order valence-electron chi connectivity index (χ2n) is 7.85. The molecule has 2 aliphatic carbocycles. The van der Waals surface area contributed by atoms with E-state index >= 15 is 0 Å². The first-order valence-corrected chi connectivity index (χ1v) is 9.19. The molecule has 3 rings (SSSR count). The van der Waals surface area contributed by atoms with Crippen LogP contribution in [0, 0.1) is 11.8 Å². The smallest absolute Gasteiger partial charge is 0.244 e. The molecule has 0 radical (unpaired) electrons. The lowest BCUT2D eigenvalue weighted by atomic mass is 9.94. The zero-order valence-corrected chi connectivity index (χ0v) is 14.0. The number of carbonyl (C=O) groups excluding carboxylic acids is 1. The quantitative estimate of drug-likeness (QED) is 0.857. The predicted molar refractivity (Wildman–Crippen MR) is 85.8 cm³/mol. The molecule has 3 fully saturated rings. The fraction of sp³-hybridized carbons (Fsp3) is 0.944. The number of amides is 1. The molecule has 21 heavy (non-hydrogen) atoms. The van der Waals surface area contributed by atoms with Gasteiger partial charge >= 0.3 is 0 Å². The average molecular weight is 292 g/mol. The average Bonchev–Trinajstić information content (AvgIpc) is 3.16. The van der Waals surface area contributed by atoms with Crippen LogP contribution >= 0.6 is 0 Å². The van der Waals surface area contributed by atoms with Crippen LogP contribution < -0.4 is 5.32 Å². The molecule has 1 N–H and O–H groups in total. The highest BCUT2D eigenvalue weighted by molar-refractivity contribution is 5.89. The van der Waals surface area contributed by atoms with Crippen LogP contribution in [0.4, 0.5) is 0 Å². The van der Waals surface area contributed by atoms with Crippen molar-refractivity contribution in [2.45, 2.75) is 96.3 Å². The summed E-state index contributed by atoms with van der Waals surface area (Å²) >= 11 is 0. The third-order valence-corrected chi connectivity index (χ3v) is 6.22. The van der Waals surface area contributed by atoms with Crippen LogP contribution in [0.5, 0.6) is 0 Å². The van der Waals surface area contributed by atoms with E-state index in [0.717, 1.165) is 19.3 Å². The van der Waals surface area contributed by atoms with Gasteiger partial charge in [0, 0.05) is 6.04 Å². The van der Waals surface area contributed by atoms with Crippen molar-refractivity contribution in [3.05, 3.63) is 0 Å². The van der Waals surface area contributed by atoms with Gasteiger partial charge in [0.25, 0.3) is 0 Å². The summed E-state index contributed by atoms with van der Waals surface area (Å²) in [5, 5.41) is 3.85. The van der Waals surface area contributed by atoms with Gasteiger partial charge in [0.05, 0.1) is 11.7 Å². The highest BCUT2D eigenvalue weighted by Gasteiger charge is 2.55. The van der Waals surface area contributed by atoms with Gasteiger partial charge in [-0.15, -0.1) is 0 Å². The second-order valence-corrected chi connectivity index (χ2v) is 7.85. The van der Waals surface area contributed by atoms with Gasteiger partial charge in [-0.05, 0) is 43.9 Å². The molecule has 2 atom stereocenters. The van der Waals surface area contributed by atoms with Gasteiger partial charge < -0.3 is 4.90 Å². The van der Waals surface area contributed by atoms with Crippen LogP contribution in [0.25, 0.3) is 0 Å². The summed E-state index contributed by atoms with van der Waals surface area (Å²) in [5.74, 6) is 1.65. The van der Waals surface area contributed by atoms with Crippen LogP contribution in [-0.2, 0) is 4.79 Å². The Labute approximate surface area is 129 Å². The maximum atomic E-state index is 13.3. The van der Waals surface area contributed by atoms with E-state index < -0.39 is 0 Å². The van der Waals surface area contributed by atoms with E-state index in [4.69, 9.17) is 0 Å². The Morgan fingerprint density at radius 2 is 1.81 bits per heavy atom. The molecule has 120 valence electrons. The summed E-state index contributed by atoms with van der Waals surface area (Å²) < 4.78 is 0. The standard InChI is InChI=1S/C18H32N2O/c1-4-15(13(2)3)20-16(14-9-5-6-10-14)19-18(17(20)21)11-7-8-12-18/h13-16,19H,4-12H2,1-3H3. The van der Waals surface area contributed by atoms with Gasteiger partial charge in [-0.2, -0.15) is 0 Å². The molecule has 0 aromatic rings. The lowest BCUT2D eigenvalue weighted by Crippen LogP contribution is -2.49. The fourth-order valence-corrected chi connectivity index (χ4v) is 5.09. The third kappa shape index (κ3) is 2.52. The van der Waals surface area contributed by atoms with E-state index in [2.05, 4.69) is 31.0 Å². The molecule has 3 heteroatoms. The molecule has 1 heterocycles. The van der Waals surface area contributed by atoms with Gasteiger partial charge in [0.15, 0.2) is 0 Å². The molecule has 1 saturated heterocycles. The minimum Gasteiger partial charge on any atom is -0.322 e. The third-order valence-electron chi connectivity index (χ3n) is 6.22. The summed E-state index contributed by atoms with van der Waals surface area (Å²) in [5.41, 5.74) is -0.199. The molecule has 1 spiro atoms. The van der Waals surface area contributed by atoms with E-state index in [1.807, 2.05) is 0 Å². The lowest BCUT2D eigenvalue weighted by Gasteiger charge is -2.37. The van der Waals surface area contributed by atoms with Gasteiger partial charge in [0.2, 0.25) is 5.91 Å². The number of carbonyl (C=O) groups is 1. The van der Waals surface area contributed by atoms with Crippen molar-refractivity contribution < 1.29 is 4.79 Å². The van der Waals surface area contributed by atoms with E-state index in [0.29, 0.717) is 30.0 Å². The highest BCUT2D eigenvalue weighted by atomic mass is 16.2. The summed E-state index contributed by atoms with van der Waals surface area (Å²) in [6.45, 7) is 6.78. The zero-order chi connectivity index (χ0) is 15.0. The Balaban J connectivity index is 1.89. The predicted octanol–water partition coefficient (Wildman–Crippen LogP) is 3.68. The van der Waals surface area contributed by atoms with Crippen molar-refractivity contribution in [2.24, 2.45) is 11.8 Å². The summed E-state index contributed by atoms with van der Waals surface area (Å²) in [6, 6.07) is 0.399. The molecule has 2 unspecified atom stereocenters. The van der Waals surface area contributed by atoms with Crippen molar-refractivity contribution in [3.63, 3.8) is 0 Å². The first-order chi connectivity index (χ1) is 10.1. The van der Waals surface area contributed by atoms with Crippen molar-refractivity contribution >= 4 is 5.91 Å². The maximum absolute atomic E-state index is 13.3. The van der Waals surface area contributed by atoms with Crippen LogP contribution in [-0.4, -0.2) is 28.6 Å². The van der Waals surface area contributed by atoms with Crippen molar-refractivity contribution in [2.75, 3.05) is 0 Å². The van der Waals surface area contributed by atoms with Crippen LogP contribution in [0.2, 0.25) is 0 Å². The molecule has 0 aromatic heterocycles. The molecule has 2 saturated carbocycles. The first kappa shape index (κ1) is 15.3. The highest BCUT2D eigenvalue weighted by Crippen LogP contribution is 2.42. The largest absolute Gasteiger partial charge is 0.322 e.